The van der Waals surface area contributed by atoms with E-state index >= 15 is 0 Å². The van der Waals surface area contributed by atoms with Gasteiger partial charge in [-0.15, -0.1) is 0 Å². The highest BCUT2D eigenvalue weighted by Crippen LogP contribution is 2.36. The van der Waals surface area contributed by atoms with Crippen LogP contribution in [-0.2, 0) is 4.79 Å². The summed E-state index contributed by atoms with van der Waals surface area (Å²) in [5.41, 5.74) is 0. The van der Waals surface area contributed by atoms with Gasteiger partial charge in [0.25, 0.3) is 0 Å². The average Bonchev–Trinajstić information content (AvgIpc) is 2.93. The summed E-state index contributed by atoms with van der Waals surface area (Å²) in [6.07, 6.45) is 8.69. The molecule has 0 radical (unpaired) electrons. The van der Waals surface area contributed by atoms with E-state index in [0.717, 1.165) is 6.08 Å². The fourth-order valence-corrected chi connectivity index (χ4v) is 3.61. The minimum Gasteiger partial charge on any atom is -0.491 e. The molecule has 1 aliphatic rings. The maximum absolute atomic E-state index is 10.4. The van der Waals surface area contributed by atoms with Gasteiger partial charge in [-0.1, -0.05) is 48.0 Å². The maximum Gasteiger partial charge on any atom is 0.328 e. The van der Waals surface area contributed by atoms with Crippen LogP contribution in [0.5, 0.6) is 5.75 Å². The summed E-state index contributed by atoms with van der Waals surface area (Å²) in [5.74, 6) is -0.862. The molecule has 0 unspecified atom stereocenters. The van der Waals surface area contributed by atoms with E-state index in [9.17, 15) is 20.1 Å². The number of halogens is 1. The molecule has 2 rings (SSSR count). The molecule has 1 fully saturated rings. The van der Waals surface area contributed by atoms with Crippen molar-refractivity contribution in [3.05, 3.63) is 65.7 Å². The molecule has 1 aromatic carbocycles. The van der Waals surface area contributed by atoms with Crippen molar-refractivity contribution in [2.75, 3.05) is 6.61 Å². The van der Waals surface area contributed by atoms with Crippen molar-refractivity contribution >= 4 is 17.6 Å². The van der Waals surface area contributed by atoms with Crippen molar-refractivity contribution in [3.8, 4) is 5.75 Å². The van der Waals surface area contributed by atoms with Crippen LogP contribution in [0, 0.1) is 11.8 Å². The van der Waals surface area contributed by atoms with Crippen molar-refractivity contribution in [3.63, 3.8) is 0 Å². The zero-order valence-corrected chi connectivity index (χ0v) is 16.7. The van der Waals surface area contributed by atoms with Crippen molar-refractivity contribution in [2.24, 2.45) is 11.8 Å². The van der Waals surface area contributed by atoms with Gasteiger partial charge in [-0.25, -0.2) is 4.79 Å². The first-order chi connectivity index (χ1) is 13.9. The lowest BCUT2D eigenvalue weighted by Crippen LogP contribution is -2.21. The molecular formula is C22H27ClO6. The van der Waals surface area contributed by atoms with E-state index in [1.807, 2.05) is 6.08 Å². The third-order valence-corrected chi connectivity index (χ3v) is 5.08. The third-order valence-electron chi connectivity index (χ3n) is 4.84. The van der Waals surface area contributed by atoms with Crippen LogP contribution < -0.4 is 4.74 Å². The highest BCUT2D eigenvalue weighted by molar-refractivity contribution is 6.30. The Hall–Kier alpha value is -2.12. The first kappa shape index (κ1) is 23.2. The Bertz CT molecular complexity index is 745. The number of benzene rings is 1. The topological polar surface area (TPSA) is 107 Å². The van der Waals surface area contributed by atoms with Gasteiger partial charge >= 0.3 is 5.97 Å². The molecule has 0 saturated heterocycles. The summed E-state index contributed by atoms with van der Waals surface area (Å²) in [6.45, 7) is 0.0472. The fraction of sp³-hybridized carbons (Fsp3) is 0.409. The van der Waals surface area contributed by atoms with Crippen LogP contribution in [0.1, 0.15) is 19.3 Å². The van der Waals surface area contributed by atoms with Crippen LogP contribution in [0.25, 0.3) is 0 Å². The zero-order valence-electron chi connectivity index (χ0n) is 16.0. The number of carbonyl (C=O) groups is 1. The van der Waals surface area contributed by atoms with Crippen LogP contribution in [0.15, 0.2) is 60.7 Å². The van der Waals surface area contributed by atoms with Crippen LogP contribution in [0.2, 0.25) is 5.02 Å². The Morgan fingerprint density at radius 3 is 2.79 bits per heavy atom. The van der Waals surface area contributed by atoms with Crippen LogP contribution in [-0.4, -0.2) is 51.3 Å². The summed E-state index contributed by atoms with van der Waals surface area (Å²) >= 11 is 5.89. The number of allylic oxidation sites excluding steroid dienone is 3. The molecule has 0 aliphatic heterocycles. The van der Waals surface area contributed by atoms with Crippen LogP contribution in [0.4, 0.5) is 0 Å². The van der Waals surface area contributed by atoms with Gasteiger partial charge < -0.3 is 25.2 Å². The number of carboxylic acid groups (broad SMARTS) is 1. The molecule has 29 heavy (non-hydrogen) atoms. The fourth-order valence-electron chi connectivity index (χ4n) is 3.43. The SMILES string of the molecule is O=C(O)/C=C/C=C/CC[C@@H]1[C@@H](/C=C/[C@@H](O)COc2cccc(Cl)c2)[C@H](O)C[C@@H]1O. The lowest BCUT2D eigenvalue weighted by Gasteiger charge is -2.20. The highest BCUT2D eigenvalue weighted by Gasteiger charge is 2.39. The molecule has 0 amide bonds. The molecule has 0 heterocycles. The molecule has 1 saturated carbocycles. The first-order valence-electron chi connectivity index (χ1n) is 9.54. The standard InChI is InChI=1S/C22H27ClO6/c23-15-6-5-7-17(12-15)29-14-16(24)10-11-19-18(20(25)13-21(19)26)8-3-1-2-4-9-22(27)28/h1-2,4-7,9-12,16,18-21,24-26H,3,8,13-14H2,(H,27,28)/b2-1+,9-4+,11-10+/t16-,18-,19-,20+,21-/m1/s1. The van der Waals surface area contributed by atoms with E-state index < -0.39 is 24.3 Å². The number of rotatable bonds is 10. The maximum atomic E-state index is 10.4. The van der Waals surface area contributed by atoms with Crippen LogP contribution >= 0.6 is 11.6 Å². The van der Waals surface area contributed by atoms with Gasteiger partial charge in [-0.05, 0) is 37.0 Å². The van der Waals surface area contributed by atoms with Gasteiger partial charge in [0.2, 0.25) is 0 Å². The van der Waals surface area contributed by atoms with Crippen molar-refractivity contribution in [1.29, 1.82) is 0 Å². The Kier molecular flexibility index (Phi) is 9.41. The van der Waals surface area contributed by atoms with Gasteiger partial charge in [0.15, 0.2) is 0 Å². The minimum atomic E-state index is -1.01. The van der Waals surface area contributed by atoms with Gasteiger partial charge in [0, 0.05) is 23.4 Å². The molecule has 0 aromatic heterocycles. The zero-order chi connectivity index (χ0) is 21.2. The number of carboxylic acids is 1. The Labute approximate surface area is 175 Å². The normalized spacial score (nSPS) is 25.9. The Morgan fingerprint density at radius 1 is 1.28 bits per heavy atom. The van der Waals surface area contributed by atoms with E-state index in [1.165, 1.54) is 6.08 Å². The number of aliphatic hydroxyl groups is 3. The van der Waals surface area contributed by atoms with E-state index in [-0.39, 0.29) is 24.9 Å². The Morgan fingerprint density at radius 2 is 2.07 bits per heavy atom. The van der Waals surface area contributed by atoms with E-state index in [1.54, 1.807) is 42.5 Å². The average molecular weight is 423 g/mol. The number of hydrogen-bond donors (Lipinski definition) is 4. The summed E-state index contributed by atoms with van der Waals surface area (Å²) in [7, 11) is 0. The van der Waals surface area contributed by atoms with Gasteiger partial charge in [0.1, 0.15) is 18.5 Å². The minimum absolute atomic E-state index is 0.0472. The predicted molar refractivity (Wildman–Crippen MR) is 111 cm³/mol. The molecule has 4 N–H and O–H groups in total. The monoisotopic (exact) mass is 422 g/mol. The Balaban J connectivity index is 1.85. The van der Waals surface area contributed by atoms with Crippen molar-refractivity contribution in [2.45, 2.75) is 37.6 Å². The lowest BCUT2D eigenvalue weighted by molar-refractivity contribution is -0.131. The summed E-state index contributed by atoms with van der Waals surface area (Å²) in [6, 6.07) is 6.89. The molecule has 0 bridgehead atoms. The van der Waals surface area contributed by atoms with E-state index in [0.29, 0.717) is 23.6 Å². The molecule has 7 heteroatoms. The number of aliphatic carboxylic acids is 1. The summed E-state index contributed by atoms with van der Waals surface area (Å²) in [5, 5.41) is 39.7. The second-order valence-electron chi connectivity index (χ2n) is 7.04. The summed E-state index contributed by atoms with van der Waals surface area (Å²) in [4.78, 5) is 10.4. The van der Waals surface area contributed by atoms with E-state index in [2.05, 4.69) is 0 Å². The molecule has 1 aliphatic carbocycles. The van der Waals surface area contributed by atoms with Gasteiger partial charge in [0.05, 0.1) is 12.2 Å². The first-order valence-corrected chi connectivity index (χ1v) is 9.91. The number of ether oxygens (including phenoxy) is 1. The number of hydrogen-bond acceptors (Lipinski definition) is 5. The van der Waals surface area contributed by atoms with E-state index in [4.69, 9.17) is 21.4 Å². The second-order valence-corrected chi connectivity index (χ2v) is 7.47. The highest BCUT2D eigenvalue weighted by atomic mass is 35.5. The largest absolute Gasteiger partial charge is 0.491 e. The van der Waals surface area contributed by atoms with Gasteiger partial charge in [-0.2, -0.15) is 0 Å². The second kappa shape index (κ2) is 11.8. The molecule has 0 spiro atoms. The number of aliphatic hydroxyl groups excluding tert-OH is 3. The van der Waals surface area contributed by atoms with Crippen LogP contribution in [0.3, 0.4) is 0 Å². The van der Waals surface area contributed by atoms with Crippen molar-refractivity contribution < 1.29 is 30.0 Å². The molecule has 1 aromatic rings. The third kappa shape index (κ3) is 8.03. The van der Waals surface area contributed by atoms with Gasteiger partial charge in [-0.3, -0.25) is 0 Å². The lowest BCUT2D eigenvalue weighted by atomic mass is 9.88. The molecule has 5 atom stereocenters. The summed E-state index contributed by atoms with van der Waals surface area (Å²) < 4.78 is 5.50. The predicted octanol–water partition coefficient (Wildman–Crippen LogP) is 2.97. The molecule has 158 valence electrons. The quantitative estimate of drug-likeness (QED) is 0.262. The molecular weight excluding hydrogens is 396 g/mol. The smallest absolute Gasteiger partial charge is 0.328 e. The molecule has 6 nitrogen and oxygen atoms in total. The van der Waals surface area contributed by atoms with Crippen molar-refractivity contribution in [1.82, 2.24) is 0 Å².